The first-order valence-corrected chi connectivity index (χ1v) is 7.02. The minimum Gasteiger partial charge on any atom is -0.323 e. The lowest BCUT2D eigenvalue weighted by atomic mass is 9.96. The molecule has 1 aromatic carbocycles. The predicted octanol–water partition coefficient (Wildman–Crippen LogP) is 2.93. The van der Waals surface area contributed by atoms with Gasteiger partial charge in [0.25, 0.3) is 5.91 Å². The van der Waals surface area contributed by atoms with Crippen molar-refractivity contribution in [3.05, 3.63) is 35.4 Å². The van der Waals surface area contributed by atoms with Crippen molar-refractivity contribution in [1.82, 2.24) is 10.2 Å². The molecule has 1 aliphatic carbocycles. The monoisotopic (exact) mass is 312 g/mol. The van der Waals surface area contributed by atoms with Crippen LogP contribution in [0.25, 0.3) is 0 Å². The number of nitrogens with one attached hydrogen (secondary N) is 1. The Bertz CT molecular complexity index is 640. The van der Waals surface area contributed by atoms with Crippen LogP contribution in [0.5, 0.6) is 0 Å². The van der Waals surface area contributed by atoms with Crippen molar-refractivity contribution >= 4 is 11.9 Å². The van der Waals surface area contributed by atoms with Crippen LogP contribution in [0.3, 0.4) is 0 Å². The van der Waals surface area contributed by atoms with Gasteiger partial charge in [-0.15, -0.1) is 0 Å². The van der Waals surface area contributed by atoms with E-state index in [1.807, 2.05) is 0 Å². The molecule has 0 bridgehead atoms. The number of halogens is 3. The highest BCUT2D eigenvalue weighted by molar-refractivity contribution is 6.07. The average Bonchev–Trinajstić information content (AvgIpc) is 3.25. The number of hydrogen-bond acceptors (Lipinski definition) is 2. The molecule has 1 saturated heterocycles. The van der Waals surface area contributed by atoms with Gasteiger partial charge in [0.05, 0.1) is 12.1 Å². The van der Waals surface area contributed by atoms with Crippen LogP contribution < -0.4 is 5.32 Å². The van der Waals surface area contributed by atoms with E-state index < -0.39 is 23.3 Å². The van der Waals surface area contributed by atoms with Crippen LogP contribution in [0.4, 0.5) is 18.0 Å². The molecule has 1 unspecified atom stereocenters. The van der Waals surface area contributed by atoms with Crippen LogP contribution in [0.2, 0.25) is 0 Å². The first-order chi connectivity index (χ1) is 10.2. The Morgan fingerprint density at radius 2 is 2.00 bits per heavy atom. The molecule has 1 saturated carbocycles. The molecular formula is C15H15F3N2O2. The van der Waals surface area contributed by atoms with Crippen LogP contribution in [0.1, 0.15) is 30.9 Å². The Morgan fingerprint density at radius 1 is 1.32 bits per heavy atom. The maximum Gasteiger partial charge on any atom is 0.416 e. The third-order valence-electron chi connectivity index (χ3n) is 4.29. The average molecular weight is 312 g/mol. The van der Waals surface area contributed by atoms with Gasteiger partial charge < -0.3 is 5.32 Å². The Kier molecular flexibility index (Phi) is 3.19. The summed E-state index contributed by atoms with van der Waals surface area (Å²) in [6.07, 6.45) is -2.70. The second-order valence-corrected chi connectivity index (χ2v) is 6.00. The van der Waals surface area contributed by atoms with Gasteiger partial charge in [-0.25, -0.2) is 4.79 Å². The molecule has 3 rings (SSSR count). The number of benzene rings is 1. The maximum absolute atomic E-state index is 12.7. The molecule has 0 aromatic heterocycles. The lowest BCUT2D eigenvalue weighted by Gasteiger charge is -2.21. The van der Waals surface area contributed by atoms with E-state index in [0.717, 1.165) is 29.9 Å². The normalized spacial score (nSPS) is 25.5. The van der Waals surface area contributed by atoms with E-state index in [1.165, 1.54) is 12.1 Å². The summed E-state index contributed by atoms with van der Waals surface area (Å²) < 4.78 is 38.1. The topological polar surface area (TPSA) is 49.4 Å². The first-order valence-electron chi connectivity index (χ1n) is 7.02. The standard InChI is InChI=1S/C15H15F3N2O2/c1-14(10-5-6-10)12(21)20(13(22)19-14)8-9-3-2-4-11(7-9)15(16,17)18/h2-4,7,10H,5-6,8H2,1H3,(H,19,22). The lowest BCUT2D eigenvalue weighted by Crippen LogP contribution is -2.46. The maximum atomic E-state index is 12.7. The van der Waals surface area contributed by atoms with E-state index in [4.69, 9.17) is 0 Å². The molecule has 1 aromatic rings. The number of amides is 3. The van der Waals surface area contributed by atoms with Gasteiger partial charge in [0, 0.05) is 0 Å². The SMILES string of the molecule is CC1(C2CC2)NC(=O)N(Cc2cccc(C(F)(F)F)c2)C1=O. The third kappa shape index (κ3) is 2.44. The third-order valence-corrected chi connectivity index (χ3v) is 4.29. The molecule has 1 atom stereocenters. The molecule has 0 spiro atoms. The first kappa shape index (κ1) is 14.9. The van der Waals surface area contributed by atoms with Crippen molar-refractivity contribution in [3.63, 3.8) is 0 Å². The molecular weight excluding hydrogens is 297 g/mol. The summed E-state index contributed by atoms with van der Waals surface area (Å²) in [5, 5.41) is 2.67. The number of carbonyl (C=O) groups is 2. The van der Waals surface area contributed by atoms with Gasteiger partial charge in [0.15, 0.2) is 0 Å². The zero-order valence-corrected chi connectivity index (χ0v) is 11.9. The van der Waals surface area contributed by atoms with Crippen LogP contribution in [0, 0.1) is 5.92 Å². The van der Waals surface area contributed by atoms with Crippen LogP contribution in [0.15, 0.2) is 24.3 Å². The van der Waals surface area contributed by atoms with Gasteiger partial charge in [-0.1, -0.05) is 12.1 Å². The lowest BCUT2D eigenvalue weighted by molar-refractivity contribution is -0.137. The van der Waals surface area contributed by atoms with Crippen molar-refractivity contribution in [3.8, 4) is 0 Å². The minimum absolute atomic E-state index is 0.121. The van der Waals surface area contributed by atoms with Crippen molar-refractivity contribution in [2.75, 3.05) is 0 Å². The van der Waals surface area contributed by atoms with Gasteiger partial charge in [0.2, 0.25) is 0 Å². The Labute approximate surface area is 125 Å². The van der Waals surface area contributed by atoms with E-state index in [2.05, 4.69) is 5.32 Å². The second-order valence-electron chi connectivity index (χ2n) is 6.00. The molecule has 3 amide bonds. The molecule has 0 radical (unpaired) electrons. The van der Waals surface area contributed by atoms with Gasteiger partial charge in [-0.05, 0) is 43.4 Å². The Hall–Kier alpha value is -2.05. The van der Waals surface area contributed by atoms with Crippen molar-refractivity contribution in [2.45, 2.75) is 38.0 Å². The zero-order chi connectivity index (χ0) is 16.1. The number of imide groups is 1. The Morgan fingerprint density at radius 3 is 2.59 bits per heavy atom. The molecule has 1 N–H and O–H groups in total. The molecule has 22 heavy (non-hydrogen) atoms. The van der Waals surface area contributed by atoms with E-state index in [0.29, 0.717) is 0 Å². The van der Waals surface area contributed by atoms with Gasteiger partial charge in [-0.2, -0.15) is 13.2 Å². The highest BCUT2D eigenvalue weighted by Gasteiger charge is 2.55. The number of alkyl halides is 3. The second kappa shape index (κ2) is 4.72. The van der Waals surface area contributed by atoms with Gasteiger partial charge in [-0.3, -0.25) is 9.69 Å². The van der Waals surface area contributed by atoms with Crippen molar-refractivity contribution in [1.29, 1.82) is 0 Å². The quantitative estimate of drug-likeness (QED) is 0.873. The summed E-state index contributed by atoms with van der Waals surface area (Å²) in [4.78, 5) is 25.4. The molecule has 118 valence electrons. The molecule has 1 heterocycles. The minimum atomic E-state index is -4.45. The van der Waals surface area contributed by atoms with Gasteiger partial charge in [0.1, 0.15) is 5.54 Å². The number of rotatable bonds is 3. The molecule has 2 fully saturated rings. The van der Waals surface area contributed by atoms with Crippen molar-refractivity contribution in [2.24, 2.45) is 5.92 Å². The summed E-state index contributed by atoms with van der Waals surface area (Å²) >= 11 is 0. The summed E-state index contributed by atoms with van der Waals surface area (Å²) in [5.41, 5.74) is -1.43. The van der Waals surface area contributed by atoms with Crippen LogP contribution in [-0.2, 0) is 17.5 Å². The highest BCUT2D eigenvalue weighted by atomic mass is 19.4. The van der Waals surface area contributed by atoms with E-state index in [9.17, 15) is 22.8 Å². The fraction of sp³-hybridized carbons (Fsp3) is 0.467. The fourth-order valence-corrected chi connectivity index (χ4v) is 2.83. The van der Waals surface area contributed by atoms with Crippen molar-refractivity contribution < 1.29 is 22.8 Å². The number of hydrogen-bond donors (Lipinski definition) is 1. The van der Waals surface area contributed by atoms with Crippen LogP contribution >= 0.6 is 0 Å². The summed E-state index contributed by atoms with van der Waals surface area (Å²) in [6.45, 7) is 1.52. The number of urea groups is 1. The molecule has 4 nitrogen and oxygen atoms in total. The highest BCUT2D eigenvalue weighted by Crippen LogP contribution is 2.43. The summed E-state index contributed by atoms with van der Waals surface area (Å²) in [7, 11) is 0. The molecule has 1 aliphatic heterocycles. The van der Waals surface area contributed by atoms with E-state index >= 15 is 0 Å². The van der Waals surface area contributed by atoms with E-state index in [1.54, 1.807) is 6.92 Å². The summed E-state index contributed by atoms with van der Waals surface area (Å²) in [5.74, 6) is -0.243. The largest absolute Gasteiger partial charge is 0.416 e. The van der Waals surface area contributed by atoms with Gasteiger partial charge >= 0.3 is 12.2 Å². The zero-order valence-electron chi connectivity index (χ0n) is 11.9. The fourth-order valence-electron chi connectivity index (χ4n) is 2.83. The van der Waals surface area contributed by atoms with E-state index in [-0.39, 0.29) is 23.9 Å². The number of nitrogens with zero attached hydrogens (tertiary/aromatic N) is 1. The number of carbonyl (C=O) groups excluding carboxylic acids is 2. The molecule has 2 aliphatic rings. The van der Waals surface area contributed by atoms with Crippen LogP contribution in [-0.4, -0.2) is 22.4 Å². The molecule has 7 heteroatoms. The Balaban J connectivity index is 1.81. The smallest absolute Gasteiger partial charge is 0.323 e. The summed E-state index contributed by atoms with van der Waals surface area (Å²) in [6, 6.07) is 4.13. The predicted molar refractivity (Wildman–Crippen MR) is 71.7 cm³/mol.